The third-order valence-corrected chi connectivity index (χ3v) is 13.7. The first-order valence-electron chi connectivity index (χ1n) is 22.4. The molecule has 3 aliphatic heterocycles. The van der Waals surface area contributed by atoms with Gasteiger partial charge in [0.2, 0.25) is 11.6 Å². The van der Waals surface area contributed by atoms with E-state index in [-0.39, 0.29) is 58.6 Å². The molecule has 0 unspecified atom stereocenters. The van der Waals surface area contributed by atoms with Gasteiger partial charge in [-0.15, -0.1) is 0 Å². The van der Waals surface area contributed by atoms with Crippen molar-refractivity contribution < 1.29 is 42.9 Å². The van der Waals surface area contributed by atoms with Crippen LogP contribution in [0.4, 0.5) is 0 Å². The van der Waals surface area contributed by atoms with Gasteiger partial charge in [-0.3, -0.25) is 14.4 Å². The zero-order chi connectivity index (χ0) is 43.6. The second kappa shape index (κ2) is 18.1. The van der Waals surface area contributed by atoms with E-state index in [1.54, 1.807) is 0 Å². The fourth-order valence-corrected chi connectivity index (χ4v) is 10.1. The summed E-state index contributed by atoms with van der Waals surface area (Å²) in [5.41, 5.74) is -0.279. The molecular formula is C50H72O9. The van der Waals surface area contributed by atoms with E-state index >= 15 is 4.79 Å². The molecule has 3 fully saturated rings. The van der Waals surface area contributed by atoms with Gasteiger partial charge in [0.15, 0.2) is 11.5 Å². The fraction of sp³-hybridized carbons (Fsp3) is 0.680. The number of ether oxygens (including phenoxy) is 5. The van der Waals surface area contributed by atoms with E-state index in [1.807, 2.05) is 20.8 Å². The number of benzene rings is 1. The van der Waals surface area contributed by atoms with Gasteiger partial charge in [0, 0.05) is 30.2 Å². The molecule has 5 rings (SSSR count). The molecule has 9 nitrogen and oxygen atoms in total. The summed E-state index contributed by atoms with van der Waals surface area (Å²) < 4.78 is 32.9. The smallest absolute Gasteiger partial charge is 0.348 e. The SMILES string of the molecule is CCCCCC(=O)Oc1ccc(C(=O)C2=C3OC(C)(C)[C@@H](CC=C(C)C)C[C@@]34C[C@@H](CC=C(C)C)C(C)(C)[C@H]3CCC(C)(C)O[C@]34OC2=O)cc1OC(=O)CCCCC. The molecule has 1 aliphatic carbocycles. The number of carbonyl (C=O) groups is 4. The van der Waals surface area contributed by atoms with Crippen LogP contribution in [0.1, 0.15) is 183 Å². The van der Waals surface area contributed by atoms with Crippen LogP contribution >= 0.6 is 0 Å². The van der Waals surface area contributed by atoms with Gasteiger partial charge in [-0.25, -0.2) is 4.79 Å². The van der Waals surface area contributed by atoms with E-state index in [0.717, 1.165) is 51.4 Å². The van der Waals surface area contributed by atoms with E-state index < -0.39 is 46.1 Å². The van der Waals surface area contributed by atoms with Crippen molar-refractivity contribution in [2.24, 2.45) is 28.6 Å². The summed E-state index contributed by atoms with van der Waals surface area (Å²) in [7, 11) is 0. The zero-order valence-corrected chi connectivity index (χ0v) is 38.2. The highest BCUT2D eigenvalue weighted by atomic mass is 16.7. The summed E-state index contributed by atoms with van der Waals surface area (Å²) in [5, 5.41) is 0. The minimum atomic E-state index is -1.38. The van der Waals surface area contributed by atoms with Crippen molar-refractivity contribution in [3.63, 3.8) is 0 Å². The molecule has 1 aromatic carbocycles. The van der Waals surface area contributed by atoms with Crippen molar-refractivity contribution in [3.05, 3.63) is 58.4 Å². The van der Waals surface area contributed by atoms with E-state index in [4.69, 9.17) is 23.7 Å². The maximum atomic E-state index is 15.2. The Morgan fingerprint density at radius 3 is 1.90 bits per heavy atom. The van der Waals surface area contributed by atoms with Gasteiger partial charge in [-0.2, -0.15) is 0 Å². The highest BCUT2D eigenvalue weighted by Gasteiger charge is 2.77. The first-order valence-corrected chi connectivity index (χ1v) is 22.4. The monoisotopic (exact) mass is 817 g/mol. The Kier molecular flexibility index (Phi) is 14.2. The minimum absolute atomic E-state index is 0.0100. The first kappa shape index (κ1) is 46.3. The van der Waals surface area contributed by atoms with Crippen LogP contribution in [0.15, 0.2) is 52.8 Å². The quantitative estimate of drug-likeness (QED) is 0.0401. The molecule has 0 amide bonds. The Labute approximate surface area is 354 Å². The van der Waals surface area contributed by atoms with Crippen LogP contribution in [0.25, 0.3) is 0 Å². The molecule has 2 spiro atoms. The van der Waals surface area contributed by atoms with Crippen LogP contribution in [0.3, 0.4) is 0 Å². The highest BCUT2D eigenvalue weighted by Crippen LogP contribution is 2.72. The van der Waals surface area contributed by atoms with Crippen LogP contribution in [0.2, 0.25) is 0 Å². The van der Waals surface area contributed by atoms with Crippen molar-refractivity contribution in [1.82, 2.24) is 0 Å². The van der Waals surface area contributed by atoms with Gasteiger partial charge in [0.05, 0.1) is 11.0 Å². The Hall–Kier alpha value is -3.72. The maximum Gasteiger partial charge on any atom is 0.348 e. The Morgan fingerprint density at radius 1 is 0.763 bits per heavy atom. The highest BCUT2D eigenvalue weighted by molar-refractivity contribution is 6.25. The van der Waals surface area contributed by atoms with Gasteiger partial charge in [-0.05, 0) is 136 Å². The summed E-state index contributed by atoms with van der Waals surface area (Å²) in [6, 6.07) is 4.39. The molecule has 5 atom stereocenters. The van der Waals surface area contributed by atoms with Crippen molar-refractivity contribution >= 4 is 23.7 Å². The summed E-state index contributed by atoms with van der Waals surface area (Å²) in [6.45, 7) is 25.3. The molecule has 0 bridgehead atoms. The van der Waals surface area contributed by atoms with E-state index in [9.17, 15) is 14.4 Å². The maximum absolute atomic E-state index is 15.2. The molecule has 9 heteroatoms. The van der Waals surface area contributed by atoms with Crippen LogP contribution in [-0.2, 0) is 28.6 Å². The fourth-order valence-electron chi connectivity index (χ4n) is 10.1. The zero-order valence-electron chi connectivity index (χ0n) is 38.2. The third kappa shape index (κ3) is 9.61. The lowest BCUT2D eigenvalue weighted by atomic mass is 9.44. The topological polar surface area (TPSA) is 114 Å². The molecule has 0 aromatic heterocycles. The second-order valence-electron chi connectivity index (χ2n) is 20.0. The number of hydrogen-bond donors (Lipinski definition) is 0. The lowest BCUT2D eigenvalue weighted by molar-refractivity contribution is -0.407. The van der Waals surface area contributed by atoms with Crippen molar-refractivity contribution in [3.8, 4) is 11.5 Å². The number of carbonyl (C=O) groups excluding carboxylic acids is 4. The lowest BCUT2D eigenvalue weighted by Crippen LogP contribution is -2.74. The average molecular weight is 817 g/mol. The molecule has 3 heterocycles. The number of allylic oxidation sites excluding steroid dienone is 4. The molecular weight excluding hydrogens is 745 g/mol. The van der Waals surface area contributed by atoms with E-state index in [2.05, 4.69) is 74.5 Å². The van der Waals surface area contributed by atoms with Crippen molar-refractivity contribution in [2.45, 2.75) is 190 Å². The number of hydrogen-bond acceptors (Lipinski definition) is 9. The molecule has 59 heavy (non-hydrogen) atoms. The molecule has 0 N–H and O–H groups in total. The first-order chi connectivity index (χ1) is 27.6. The summed E-state index contributed by atoms with van der Waals surface area (Å²) in [6.07, 6.45) is 14.2. The normalized spacial score (nSPS) is 27.5. The van der Waals surface area contributed by atoms with E-state index in [1.165, 1.54) is 29.3 Å². The van der Waals surface area contributed by atoms with Gasteiger partial charge in [-0.1, -0.05) is 76.7 Å². The minimum Gasteiger partial charge on any atom is -0.490 e. The number of ketones is 1. The molecule has 1 aromatic rings. The number of Topliss-reactive ketones (excluding diaryl/α,β-unsaturated/α-hetero) is 1. The lowest BCUT2D eigenvalue weighted by Gasteiger charge is -2.70. The second-order valence-corrected chi connectivity index (χ2v) is 20.0. The number of rotatable bonds is 16. The predicted octanol–water partition coefficient (Wildman–Crippen LogP) is 12.1. The summed E-state index contributed by atoms with van der Waals surface area (Å²) in [4.78, 5) is 56.1. The Bertz CT molecular complexity index is 1850. The van der Waals surface area contributed by atoms with Gasteiger partial charge in [0.1, 0.15) is 16.9 Å². The van der Waals surface area contributed by atoms with Crippen molar-refractivity contribution in [2.75, 3.05) is 0 Å². The predicted molar refractivity (Wildman–Crippen MR) is 230 cm³/mol. The molecule has 1 saturated carbocycles. The van der Waals surface area contributed by atoms with Gasteiger partial charge < -0.3 is 23.7 Å². The Balaban J connectivity index is 1.71. The number of unbranched alkanes of at least 4 members (excludes halogenated alkanes) is 4. The van der Waals surface area contributed by atoms with Crippen LogP contribution in [0, 0.1) is 28.6 Å². The van der Waals surface area contributed by atoms with Crippen LogP contribution < -0.4 is 9.47 Å². The molecule has 0 radical (unpaired) electrons. The van der Waals surface area contributed by atoms with Crippen molar-refractivity contribution in [1.29, 1.82) is 0 Å². The molecule has 326 valence electrons. The van der Waals surface area contributed by atoms with Crippen LogP contribution in [0.5, 0.6) is 11.5 Å². The summed E-state index contributed by atoms with van der Waals surface area (Å²) >= 11 is 0. The standard InChI is InChI=1S/C50H72O9/c1-13-15-17-19-40(51)55-37-26-23-34(29-38(37)56-41(52)20-18-16-14-2)43(53)42-44-49(31-36(25-22-33(5)6)48(11,12)57-44)30-35(24-21-32(3)4)47(9,10)39-27-28-46(7,8)59-50(39,49)58-45(42)54/h21-23,26,29,35-36,39H,13-20,24-25,27-28,30-31H2,1-12H3/t35-,36+,39-,49+,50-/m1/s1. The largest absolute Gasteiger partial charge is 0.490 e. The van der Waals surface area contributed by atoms with Gasteiger partial charge >= 0.3 is 17.9 Å². The van der Waals surface area contributed by atoms with E-state index in [0.29, 0.717) is 31.4 Å². The summed E-state index contributed by atoms with van der Waals surface area (Å²) in [5.74, 6) is -3.42. The number of esters is 3. The third-order valence-electron chi connectivity index (χ3n) is 13.7. The van der Waals surface area contributed by atoms with Gasteiger partial charge in [0.25, 0.3) is 0 Å². The Morgan fingerprint density at radius 2 is 1.32 bits per heavy atom. The average Bonchev–Trinajstić information content (AvgIpc) is 3.12. The van der Waals surface area contributed by atoms with Crippen LogP contribution in [-0.4, -0.2) is 40.7 Å². The molecule has 4 aliphatic rings. The molecule has 2 saturated heterocycles.